The molecule has 106 valence electrons. The molecule has 2 aromatic heterocycles. The van der Waals surface area contributed by atoms with Crippen molar-refractivity contribution in [3.8, 4) is 5.82 Å². The van der Waals surface area contributed by atoms with E-state index in [9.17, 15) is 4.79 Å². The molecular weight excluding hydrogens is 266 g/mol. The minimum atomic E-state index is -0.640. The number of carbonyl (C=O) groups is 1. The van der Waals surface area contributed by atoms with Gasteiger partial charge < -0.3 is 9.84 Å². The molecule has 0 aliphatic rings. The van der Waals surface area contributed by atoms with Crippen molar-refractivity contribution >= 4 is 11.8 Å². The maximum atomic E-state index is 10.9. The summed E-state index contributed by atoms with van der Waals surface area (Å²) in [6, 6.07) is 1.68. The van der Waals surface area contributed by atoms with Crippen LogP contribution >= 0.6 is 0 Å². The molecule has 1 N–H and O–H groups in total. The molecule has 0 saturated heterocycles. The summed E-state index contributed by atoms with van der Waals surface area (Å²) >= 11 is 0. The Morgan fingerprint density at radius 1 is 1.60 bits per heavy atom. The highest BCUT2D eigenvalue weighted by Crippen LogP contribution is 2.05. The summed E-state index contributed by atoms with van der Waals surface area (Å²) in [6.07, 6.45) is -0.340. The number of hydrogen-bond donors (Lipinski definition) is 1. The van der Waals surface area contributed by atoms with Crippen LogP contribution in [0, 0.1) is 6.92 Å². The lowest BCUT2D eigenvalue weighted by Gasteiger charge is -1.97. The van der Waals surface area contributed by atoms with Crippen molar-refractivity contribution in [1.82, 2.24) is 30.7 Å². The number of tetrazole rings is 1. The monoisotopic (exact) mass is 279 g/mol. The number of amides is 1. The van der Waals surface area contributed by atoms with Crippen LogP contribution in [0.4, 0.5) is 4.79 Å². The zero-order chi connectivity index (χ0) is 14.5. The highest BCUT2D eigenvalue weighted by molar-refractivity contribution is 5.83. The molecule has 0 aromatic carbocycles. The molecule has 10 heteroatoms. The zero-order valence-electron chi connectivity index (χ0n) is 11.2. The number of rotatable bonds is 4. The van der Waals surface area contributed by atoms with E-state index in [1.165, 1.54) is 11.8 Å². The molecule has 0 saturated carbocycles. The van der Waals surface area contributed by atoms with Crippen molar-refractivity contribution in [2.45, 2.75) is 20.3 Å². The normalized spacial score (nSPS) is 11.4. The van der Waals surface area contributed by atoms with E-state index >= 15 is 0 Å². The van der Waals surface area contributed by atoms with Crippen LogP contribution in [0.5, 0.6) is 0 Å². The fraction of sp³-hybridized carbons (Fsp3) is 0.400. The first-order valence-corrected chi connectivity index (χ1v) is 5.73. The van der Waals surface area contributed by atoms with Crippen molar-refractivity contribution in [2.24, 2.45) is 5.16 Å². The van der Waals surface area contributed by atoms with Crippen molar-refractivity contribution < 1.29 is 14.2 Å². The number of oxime groups is 1. The molecular formula is C10H13N7O3. The van der Waals surface area contributed by atoms with E-state index < -0.39 is 6.09 Å². The molecule has 2 rings (SSSR count). The van der Waals surface area contributed by atoms with Crippen LogP contribution in [0.15, 0.2) is 15.7 Å². The predicted octanol–water partition coefficient (Wildman–Crippen LogP) is 0.233. The van der Waals surface area contributed by atoms with Gasteiger partial charge in [0.15, 0.2) is 5.82 Å². The van der Waals surface area contributed by atoms with Gasteiger partial charge in [-0.2, -0.15) is 0 Å². The van der Waals surface area contributed by atoms with Crippen molar-refractivity contribution in [2.75, 3.05) is 7.05 Å². The third-order valence-corrected chi connectivity index (χ3v) is 2.18. The lowest BCUT2D eigenvalue weighted by Crippen LogP contribution is -2.17. The fourth-order valence-corrected chi connectivity index (χ4v) is 1.28. The summed E-state index contributed by atoms with van der Waals surface area (Å²) < 4.78 is 4.92. The van der Waals surface area contributed by atoms with Gasteiger partial charge in [-0.05, 0) is 19.1 Å². The van der Waals surface area contributed by atoms with Gasteiger partial charge >= 0.3 is 6.09 Å². The van der Waals surface area contributed by atoms with Gasteiger partial charge in [0, 0.05) is 13.1 Å². The quantitative estimate of drug-likeness (QED) is 0.483. The number of carbonyl (C=O) groups excluding carboxylic acids is 1. The first kappa shape index (κ1) is 13.6. The Morgan fingerprint density at radius 2 is 2.40 bits per heavy atom. The van der Waals surface area contributed by atoms with E-state index in [-0.39, 0.29) is 0 Å². The molecule has 10 nitrogen and oxygen atoms in total. The molecule has 0 aliphatic carbocycles. The Hall–Kier alpha value is -2.78. The van der Waals surface area contributed by atoms with Crippen molar-refractivity contribution in [1.29, 1.82) is 0 Å². The van der Waals surface area contributed by atoms with Gasteiger partial charge in [-0.25, -0.2) is 4.79 Å². The molecule has 0 aliphatic heterocycles. The number of hydrogen-bond acceptors (Lipinski definition) is 8. The smallest absolute Gasteiger partial charge is 0.359 e. The number of aryl methyl sites for hydroxylation is 1. The minimum absolute atomic E-state index is 0.299. The van der Waals surface area contributed by atoms with E-state index in [4.69, 9.17) is 4.52 Å². The minimum Gasteiger partial charge on any atom is -0.359 e. The molecule has 0 radical (unpaired) electrons. The Labute approximate surface area is 113 Å². The molecule has 2 heterocycles. The van der Waals surface area contributed by atoms with Gasteiger partial charge in [-0.15, -0.1) is 15.0 Å². The van der Waals surface area contributed by atoms with Crippen LogP contribution in [-0.2, 0) is 11.3 Å². The van der Waals surface area contributed by atoms with Gasteiger partial charge in [-0.1, -0.05) is 10.3 Å². The van der Waals surface area contributed by atoms with Gasteiger partial charge in [0.1, 0.15) is 5.76 Å². The molecule has 1 amide bonds. The average Bonchev–Trinajstić information content (AvgIpc) is 3.05. The van der Waals surface area contributed by atoms with Crippen LogP contribution < -0.4 is 5.32 Å². The molecule has 20 heavy (non-hydrogen) atoms. The third kappa shape index (κ3) is 3.37. The summed E-state index contributed by atoms with van der Waals surface area (Å²) in [5.41, 5.74) is 0.532. The van der Waals surface area contributed by atoms with E-state index in [1.807, 2.05) is 0 Å². The van der Waals surface area contributed by atoms with Crippen molar-refractivity contribution in [3.05, 3.63) is 17.7 Å². The summed E-state index contributed by atoms with van der Waals surface area (Å²) in [6.45, 7) is 3.45. The van der Waals surface area contributed by atoms with E-state index in [0.29, 0.717) is 29.5 Å². The molecule has 2 aromatic rings. The zero-order valence-corrected chi connectivity index (χ0v) is 11.2. The maximum Gasteiger partial charge on any atom is 0.433 e. The van der Waals surface area contributed by atoms with Gasteiger partial charge in [0.25, 0.3) is 0 Å². The Bertz CT molecular complexity index is 630. The molecule has 0 fully saturated rings. The lowest BCUT2D eigenvalue weighted by molar-refractivity contribution is 0.153. The van der Waals surface area contributed by atoms with Gasteiger partial charge in [0.05, 0.1) is 12.1 Å². The van der Waals surface area contributed by atoms with Crippen LogP contribution in [-0.4, -0.2) is 44.2 Å². The topological polar surface area (TPSA) is 120 Å². The molecule has 0 bridgehead atoms. The second-order valence-electron chi connectivity index (χ2n) is 3.92. The molecule has 0 spiro atoms. The standard InChI is InChI=1S/C10H13N7O3/c1-6(14-20-10(18)11-3)4-8-12-16-17(13-8)9-5-7(2)19-15-9/h5H,4H2,1-3H3,(H,11,18). The van der Waals surface area contributed by atoms with Crippen LogP contribution in [0.25, 0.3) is 5.82 Å². The number of aromatic nitrogens is 5. The highest BCUT2D eigenvalue weighted by Gasteiger charge is 2.10. The maximum absolute atomic E-state index is 10.9. The Balaban J connectivity index is 2.01. The highest BCUT2D eigenvalue weighted by atomic mass is 16.7. The average molecular weight is 279 g/mol. The van der Waals surface area contributed by atoms with Crippen LogP contribution in [0.2, 0.25) is 0 Å². The first-order chi connectivity index (χ1) is 9.58. The largest absolute Gasteiger partial charge is 0.433 e. The predicted molar refractivity (Wildman–Crippen MR) is 66.3 cm³/mol. The fourth-order valence-electron chi connectivity index (χ4n) is 1.28. The summed E-state index contributed by atoms with van der Waals surface area (Å²) in [7, 11) is 1.44. The first-order valence-electron chi connectivity index (χ1n) is 5.73. The Morgan fingerprint density at radius 3 is 3.05 bits per heavy atom. The number of nitrogens with zero attached hydrogens (tertiary/aromatic N) is 6. The molecule has 0 unspecified atom stereocenters. The third-order valence-electron chi connectivity index (χ3n) is 2.18. The van der Waals surface area contributed by atoms with E-state index in [1.54, 1.807) is 19.9 Å². The summed E-state index contributed by atoms with van der Waals surface area (Å²) in [5.74, 6) is 1.51. The SMILES string of the molecule is CNC(=O)ON=C(C)Cc1nnn(-c2cc(C)on2)n1. The number of nitrogens with one attached hydrogen (secondary N) is 1. The second-order valence-corrected chi connectivity index (χ2v) is 3.92. The van der Waals surface area contributed by atoms with Gasteiger partial charge in [-0.3, -0.25) is 4.84 Å². The van der Waals surface area contributed by atoms with Crippen molar-refractivity contribution in [3.63, 3.8) is 0 Å². The second kappa shape index (κ2) is 5.91. The Kier molecular flexibility index (Phi) is 4.03. The summed E-state index contributed by atoms with van der Waals surface area (Å²) in [5, 5.41) is 21.5. The lowest BCUT2D eigenvalue weighted by atomic mass is 10.3. The van der Waals surface area contributed by atoms with E-state index in [0.717, 1.165) is 0 Å². The summed E-state index contributed by atoms with van der Waals surface area (Å²) in [4.78, 5) is 16.6. The van der Waals surface area contributed by atoms with Crippen LogP contribution in [0.3, 0.4) is 0 Å². The molecule has 0 atom stereocenters. The van der Waals surface area contributed by atoms with Crippen LogP contribution in [0.1, 0.15) is 18.5 Å². The van der Waals surface area contributed by atoms with Gasteiger partial charge in [0.2, 0.25) is 5.82 Å². The van der Waals surface area contributed by atoms with E-state index in [2.05, 4.69) is 35.9 Å².